The first-order chi connectivity index (χ1) is 6.27. The molecule has 1 saturated carbocycles. The lowest BCUT2D eigenvalue weighted by Crippen LogP contribution is -2.18. The lowest BCUT2D eigenvalue weighted by Gasteiger charge is -2.21. The average molecular weight is 195 g/mol. The Hall–Kier alpha value is -0.560. The molecule has 0 heterocycles. The molecule has 3 aliphatic rings. The van der Waals surface area contributed by atoms with Crippen molar-refractivity contribution in [3.63, 3.8) is 0 Å². The van der Waals surface area contributed by atoms with Crippen LogP contribution in [0.2, 0.25) is 0 Å². The van der Waals surface area contributed by atoms with Crippen molar-refractivity contribution < 1.29 is 4.79 Å². The molecule has 0 saturated heterocycles. The summed E-state index contributed by atoms with van der Waals surface area (Å²) in [7, 11) is 0. The summed E-state index contributed by atoms with van der Waals surface area (Å²) in [4.78, 5) is 11.1. The smallest absolute Gasteiger partial charge is 0.248 e. The van der Waals surface area contributed by atoms with Gasteiger partial charge in [-0.2, -0.15) is 0 Å². The van der Waals surface area contributed by atoms with E-state index in [1.165, 1.54) is 6.42 Å². The van der Waals surface area contributed by atoms with Gasteiger partial charge in [0.1, 0.15) is 0 Å². The molecule has 0 aromatic rings. The molecule has 0 N–H and O–H groups in total. The Morgan fingerprint density at radius 2 is 2.15 bits per heavy atom. The molecule has 2 heteroatoms. The number of rotatable bonds is 1. The molecule has 13 heavy (non-hydrogen) atoms. The van der Waals surface area contributed by atoms with E-state index >= 15 is 0 Å². The van der Waals surface area contributed by atoms with Crippen molar-refractivity contribution in [1.29, 1.82) is 0 Å². The number of hydrogen-bond donors (Lipinski definition) is 0. The zero-order chi connectivity index (χ0) is 9.00. The maximum absolute atomic E-state index is 11.1. The maximum atomic E-state index is 11.1. The minimum absolute atomic E-state index is 0.228. The molecule has 0 spiro atoms. The van der Waals surface area contributed by atoms with E-state index in [-0.39, 0.29) is 5.24 Å². The average Bonchev–Trinajstić information content (AvgIpc) is 2.76. The van der Waals surface area contributed by atoms with Crippen LogP contribution in [0.5, 0.6) is 0 Å². The molecule has 1 nitrogen and oxygen atoms in total. The van der Waals surface area contributed by atoms with E-state index in [1.54, 1.807) is 0 Å². The lowest BCUT2D eigenvalue weighted by molar-refractivity contribution is -0.109. The Kier molecular flexibility index (Phi) is 1.49. The highest BCUT2D eigenvalue weighted by Crippen LogP contribution is 2.55. The second-order valence-corrected chi connectivity index (χ2v) is 4.65. The summed E-state index contributed by atoms with van der Waals surface area (Å²) < 4.78 is 0. The fourth-order valence-corrected chi connectivity index (χ4v) is 3.52. The minimum Gasteiger partial charge on any atom is -0.276 e. The number of carbonyl (C=O) groups is 1. The first-order valence-electron chi connectivity index (χ1n) is 4.85. The van der Waals surface area contributed by atoms with Crippen LogP contribution in [0.25, 0.3) is 0 Å². The molecular weight excluding hydrogens is 184 g/mol. The molecular formula is C11H11ClO. The van der Waals surface area contributed by atoms with E-state index in [0.717, 1.165) is 17.9 Å². The summed E-state index contributed by atoms with van der Waals surface area (Å²) >= 11 is 5.56. The van der Waals surface area contributed by atoms with Crippen molar-refractivity contribution >= 4 is 16.8 Å². The van der Waals surface area contributed by atoms with Crippen molar-refractivity contribution in [2.45, 2.75) is 12.8 Å². The molecule has 0 aromatic heterocycles. The van der Waals surface area contributed by atoms with Crippen LogP contribution in [0.1, 0.15) is 12.8 Å². The van der Waals surface area contributed by atoms with Gasteiger partial charge in [0.25, 0.3) is 0 Å². The number of halogens is 1. The Labute approximate surface area is 82.5 Å². The second-order valence-electron chi connectivity index (χ2n) is 4.31. The van der Waals surface area contributed by atoms with E-state index in [1.807, 2.05) is 0 Å². The molecule has 4 unspecified atom stereocenters. The Balaban J connectivity index is 1.97. The van der Waals surface area contributed by atoms with Crippen LogP contribution < -0.4 is 0 Å². The molecule has 0 radical (unpaired) electrons. The molecule has 0 aliphatic heterocycles. The summed E-state index contributed by atoms with van der Waals surface area (Å²) in [6, 6.07) is 0. The van der Waals surface area contributed by atoms with E-state index in [2.05, 4.69) is 18.2 Å². The third-order valence-corrected chi connectivity index (χ3v) is 4.04. The van der Waals surface area contributed by atoms with Gasteiger partial charge < -0.3 is 0 Å². The highest BCUT2D eigenvalue weighted by atomic mass is 35.5. The van der Waals surface area contributed by atoms with Gasteiger partial charge in [0.15, 0.2) is 0 Å². The van der Waals surface area contributed by atoms with Gasteiger partial charge in [-0.25, -0.2) is 0 Å². The molecule has 4 atom stereocenters. The highest BCUT2D eigenvalue weighted by Gasteiger charge is 2.49. The maximum Gasteiger partial charge on any atom is 0.248 e. The van der Waals surface area contributed by atoms with E-state index in [0.29, 0.717) is 17.8 Å². The summed E-state index contributed by atoms with van der Waals surface area (Å²) in [5.41, 5.74) is 0.892. The standard InChI is InChI=1S/C11H11ClO/c12-11(13)9-4-3-8-6-1-2-7(5-6)10(8)9/h1-2,4,6-8,10H,3,5H2. The Morgan fingerprint density at radius 3 is 2.92 bits per heavy atom. The Bertz CT molecular complexity index is 329. The first-order valence-corrected chi connectivity index (χ1v) is 5.23. The van der Waals surface area contributed by atoms with Gasteiger partial charge in [0, 0.05) is 5.57 Å². The van der Waals surface area contributed by atoms with Crippen LogP contribution in [0.3, 0.4) is 0 Å². The molecule has 0 aromatic carbocycles. The molecule has 1 fully saturated rings. The quantitative estimate of drug-likeness (QED) is 0.463. The van der Waals surface area contributed by atoms with Gasteiger partial charge in [-0.05, 0) is 48.1 Å². The van der Waals surface area contributed by atoms with Crippen LogP contribution in [0.15, 0.2) is 23.8 Å². The summed E-state index contributed by atoms with van der Waals surface area (Å²) in [5.74, 6) is 2.47. The third-order valence-electron chi connectivity index (χ3n) is 3.82. The monoisotopic (exact) mass is 194 g/mol. The van der Waals surface area contributed by atoms with Gasteiger partial charge in [-0.3, -0.25) is 4.79 Å². The first kappa shape index (κ1) is 7.81. The molecule has 2 bridgehead atoms. The highest BCUT2D eigenvalue weighted by molar-refractivity contribution is 6.67. The van der Waals surface area contributed by atoms with Crippen molar-refractivity contribution in [2.24, 2.45) is 23.7 Å². The third kappa shape index (κ3) is 0.912. The zero-order valence-corrected chi connectivity index (χ0v) is 8.00. The van der Waals surface area contributed by atoms with Crippen LogP contribution in [0.4, 0.5) is 0 Å². The summed E-state index contributed by atoms with van der Waals surface area (Å²) in [6.07, 6.45) is 8.95. The Morgan fingerprint density at radius 1 is 1.38 bits per heavy atom. The van der Waals surface area contributed by atoms with Crippen molar-refractivity contribution in [3.05, 3.63) is 23.8 Å². The van der Waals surface area contributed by atoms with E-state index in [4.69, 9.17) is 11.6 Å². The van der Waals surface area contributed by atoms with Gasteiger partial charge in [0.2, 0.25) is 5.24 Å². The van der Waals surface area contributed by atoms with Gasteiger partial charge in [-0.15, -0.1) is 0 Å². The van der Waals surface area contributed by atoms with Gasteiger partial charge in [-0.1, -0.05) is 18.2 Å². The van der Waals surface area contributed by atoms with Crippen molar-refractivity contribution in [2.75, 3.05) is 0 Å². The fourth-order valence-electron chi connectivity index (χ4n) is 3.32. The minimum atomic E-state index is -0.228. The summed E-state index contributed by atoms with van der Waals surface area (Å²) in [6.45, 7) is 0. The van der Waals surface area contributed by atoms with Crippen LogP contribution in [0, 0.1) is 23.7 Å². The topological polar surface area (TPSA) is 17.1 Å². The number of hydrogen-bond acceptors (Lipinski definition) is 1. The summed E-state index contributed by atoms with van der Waals surface area (Å²) in [5, 5.41) is -0.228. The number of fused-ring (bicyclic) bond motifs is 5. The molecule has 0 amide bonds. The predicted molar refractivity (Wildman–Crippen MR) is 51.3 cm³/mol. The second kappa shape index (κ2) is 2.48. The molecule has 3 aliphatic carbocycles. The van der Waals surface area contributed by atoms with Crippen LogP contribution in [-0.4, -0.2) is 5.24 Å². The SMILES string of the molecule is O=C(Cl)C1=CCC2C3C=CC(C3)C12. The predicted octanol–water partition coefficient (Wildman–Crippen LogP) is 2.52. The van der Waals surface area contributed by atoms with Crippen LogP contribution >= 0.6 is 11.6 Å². The van der Waals surface area contributed by atoms with E-state index < -0.39 is 0 Å². The van der Waals surface area contributed by atoms with Gasteiger partial charge >= 0.3 is 0 Å². The van der Waals surface area contributed by atoms with Crippen molar-refractivity contribution in [1.82, 2.24) is 0 Å². The largest absolute Gasteiger partial charge is 0.276 e. The van der Waals surface area contributed by atoms with Gasteiger partial charge in [0.05, 0.1) is 0 Å². The zero-order valence-electron chi connectivity index (χ0n) is 7.24. The molecule has 68 valence electrons. The normalized spacial score (nSPS) is 45.2. The molecule has 3 rings (SSSR count). The fraction of sp³-hybridized carbons (Fsp3) is 0.545. The number of allylic oxidation sites excluding steroid dienone is 4. The van der Waals surface area contributed by atoms with Crippen molar-refractivity contribution in [3.8, 4) is 0 Å². The van der Waals surface area contributed by atoms with Crippen LogP contribution in [-0.2, 0) is 4.79 Å². The lowest BCUT2D eigenvalue weighted by atomic mass is 9.83. The number of carbonyl (C=O) groups excluding carboxylic acids is 1. The van der Waals surface area contributed by atoms with E-state index in [9.17, 15) is 4.79 Å².